The highest BCUT2D eigenvalue weighted by molar-refractivity contribution is 4.97. The molecule has 0 amide bonds. The summed E-state index contributed by atoms with van der Waals surface area (Å²) in [5.74, 6) is 0. The third kappa shape index (κ3) is 0.853. The van der Waals surface area contributed by atoms with Crippen molar-refractivity contribution in [1.82, 2.24) is 10.2 Å². The second-order valence-corrected chi connectivity index (χ2v) is 1.37. The van der Waals surface area contributed by atoms with Crippen molar-refractivity contribution in [3.8, 4) is 0 Å². The largest absolute Gasteiger partial charge is 0.363 e. The van der Waals surface area contributed by atoms with Crippen LogP contribution in [0.25, 0.3) is 0 Å². The van der Waals surface area contributed by atoms with Crippen molar-refractivity contribution in [2.45, 2.75) is 6.29 Å². The van der Waals surface area contributed by atoms with Crippen LogP contribution in [0.2, 0.25) is 0 Å². The average molecular weight is 114 g/mol. The molecule has 0 unspecified atom stereocenters. The van der Waals surface area contributed by atoms with Crippen LogP contribution in [0.5, 0.6) is 0 Å². The highest BCUT2D eigenvalue weighted by Crippen LogP contribution is 2.01. The Labute approximate surface area is 45.8 Å². The molecule has 3 N–H and O–H groups in total. The normalized spacial score (nSPS) is 10.4. The Morgan fingerprint density at radius 1 is 1.62 bits per heavy atom. The molecule has 4 heteroatoms. The molecule has 44 valence electrons. The Morgan fingerprint density at radius 3 is 2.62 bits per heavy atom. The molecular weight excluding hydrogens is 108 g/mol. The summed E-state index contributed by atoms with van der Waals surface area (Å²) in [5, 5.41) is 22.7. The fourth-order valence-corrected chi connectivity index (χ4v) is 0.416. The summed E-state index contributed by atoms with van der Waals surface area (Å²) in [7, 11) is 0. The maximum Gasteiger partial charge on any atom is 0.197 e. The molecule has 1 heterocycles. The second-order valence-electron chi connectivity index (χ2n) is 1.37. The van der Waals surface area contributed by atoms with Crippen molar-refractivity contribution >= 4 is 0 Å². The molecule has 0 radical (unpaired) electrons. The van der Waals surface area contributed by atoms with E-state index in [4.69, 9.17) is 10.2 Å². The number of hydrogen-bond acceptors (Lipinski definition) is 3. The van der Waals surface area contributed by atoms with Crippen molar-refractivity contribution in [2.75, 3.05) is 0 Å². The van der Waals surface area contributed by atoms with E-state index >= 15 is 0 Å². The summed E-state index contributed by atoms with van der Waals surface area (Å²) < 4.78 is 0. The van der Waals surface area contributed by atoms with Crippen LogP contribution >= 0.6 is 0 Å². The Morgan fingerprint density at radius 2 is 2.38 bits per heavy atom. The van der Waals surface area contributed by atoms with E-state index in [2.05, 4.69) is 10.2 Å². The number of H-pyrrole nitrogens is 1. The Kier molecular flexibility index (Phi) is 1.27. The Hall–Kier alpha value is -0.870. The summed E-state index contributed by atoms with van der Waals surface area (Å²) in [5.41, 5.74) is 0.241. The van der Waals surface area contributed by atoms with E-state index in [1.807, 2.05) is 0 Å². The first kappa shape index (κ1) is 5.27. The lowest BCUT2D eigenvalue weighted by atomic mass is 10.4. The number of rotatable bonds is 1. The Balaban J connectivity index is 2.77. The van der Waals surface area contributed by atoms with E-state index in [9.17, 15) is 0 Å². The minimum atomic E-state index is -1.46. The number of nitrogens with zero attached hydrogens (tertiary/aromatic N) is 1. The van der Waals surface area contributed by atoms with Gasteiger partial charge in [-0.1, -0.05) is 0 Å². The van der Waals surface area contributed by atoms with E-state index in [1.54, 1.807) is 0 Å². The van der Waals surface area contributed by atoms with Crippen LogP contribution < -0.4 is 0 Å². The first-order chi connectivity index (χ1) is 3.80. The molecule has 4 nitrogen and oxygen atoms in total. The van der Waals surface area contributed by atoms with Gasteiger partial charge >= 0.3 is 0 Å². The third-order valence-corrected chi connectivity index (χ3v) is 0.787. The van der Waals surface area contributed by atoms with Gasteiger partial charge in [0.25, 0.3) is 0 Å². The number of aromatic nitrogens is 2. The van der Waals surface area contributed by atoms with Gasteiger partial charge in [0.05, 0.1) is 0 Å². The SMILES string of the molecule is OC(O)c1cc[nH]n1. The zero-order valence-corrected chi connectivity index (χ0v) is 4.07. The zero-order chi connectivity index (χ0) is 5.98. The molecule has 8 heavy (non-hydrogen) atoms. The molecule has 0 aromatic carbocycles. The number of aliphatic hydroxyl groups is 2. The van der Waals surface area contributed by atoms with E-state index in [-0.39, 0.29) is 5.69 Å². The number of aliphatic hydroxyl groups excluding tert-OH is 1. The Bertz CT molecular complexity index is 147. The zero-order valence-electron chi connectivity index (χ0n) is 4.07. The smallest absolute Gasteiger partial charge is 0.197 e. The van der Waals surface area contributed by atoms with Crippen molar-refractivity contribution in [3.63, 3.8) is 0 Å². The first-order valence-corrected chi connectivity index (χ1v) is 2.16. The van der Waals surface area contributed by atoms with E-state index in [0.717, 1.165) is 0 Å². The van der Waals surface area contributed by atoms with Gasteiger partial charge < -0.3 is 10.2 Å². The first-order valence-electron chi connectivity index (χ1n) is 2.16. The highest BCUT2D eigenvalue weighted by atomic mass is 16.5. The van der Waals surface area contributed by atoms with Gasteiger partial charge in [0.1, 0.15) is 5.69 Å². The molecule has 1 rings (SSSR count). The monoisotopic (exact) mass is 114 g/mol. The van der Waals surface area contributed by atoms with E-state index in [1.165, 1.54) is 12.3 Å². The molecule has 0 fully saturated rings. The number of hydrogen-bond donors (Lipinski definition) is 3. The van der Waals surface area contributed by atoms with Crippen LogP contribution in [0.3, 0.4) is 0 Å². The quantitative estimate of drug-likeness (QED) is 0.427. The lowest BCUT2D eigenvalue weighted by molar-refractivity contribution is -0.0458. The van der Waals surface area contributed by atoms with Crippen molar-refractivity contribution < 1.29 is 10.2 Å². The van der Waals surface area contributed by atoms with Gasteiger partial charge in [0.15, 0.2) is 6.29 Å². The maximum absolute atomic E-state index is 8.39. The van der Waals surface area contributed by atoms with Gasteiger partial charge in [-0.3, -0.25) is 5.10 Å². The van der Waals surface area contributed by atoms with E-state index in [0.29, 0.717) is 0 Å². The molecule has 0 saturated heterocycles. The molecule has 0 bridgehead atoms. The van der Waals surface area contributed by atoms with Crippen molar-refractivity contribution in [2.24, 2.45) is 0 Å². The molecule has 0 aliphatic carbocycles. The molecular formula is C4H6N2O2. The maximum atomic E-state index is 8.39. The highest BCUT2D eigenvalue weighted by Gasteiger charge is 2.01. The fraction of sp³-hybridized carbons (Fsp3) is 0.250. The van der Waals surface area contributed by atoms with Gasteiger partial charge in [-0.25, -0.2) is 0 Å². The van der Waals surface area contributed by atoms with Gasteiger partial charge in [0, 0.05) is 6.20 Å². The number of nitrogens with one attached hydrogen (secondary N) is 1. The molecule has 1 aromatic rings. The lowest BCUT2D eigenvalue weighted by Crippen LogP contribution is -1.93. The molecule has 0 aliphatic heterocycles. The standard InChI is InChI=1S/C4H6N2O2/c7-4(8)3-1-2-5-6-3/h1-2,4,7-8H,(H,5,6). The minimum absolute atomic E-state index is 0.241. The van der Waals surface area contributed by atoms with Gasteiger partial charge in [-0.2, -0.15) is 5.10 Å². The van der Waals surface area contributed by atoms with Crippen LogP contribution in [-0.2, 0) is 0 Å². The lowest BCUT2D eigenvalue weighted by Gasteiger charge is -1.92. The molecule has 0 atom stereocenters. The van der Waals surface area contributed by atoms with Gasteiger partial charge in [-0.15, -0.1) is 0 Å². The summed E-state index contributed by atoms with van der Waals surface area (Å²) in [6.07, 6.45) is 0.0654. The van der Waals surface area contributed by atoms with Gasteiger partial charge in [-0.05, 0) is 6.07 Å². The van der Waals surface area contributed by atoms with Crippen LogP contribution in [0, 0.1) is 0 Å². The summed E-state index contributed by atoms with van der Waals surface area (Å²) in [6, 6.07) is 1.49. The second kappa shape index (κ2) is 1.94. The summed E-state index contributed by atoms with van der Waals surface area (Å²) in [4.78, 5) is 0. The predicted molar refractivity (Wildman–Crippen MR) is 25.8 cm³/mol. The topological polar surface area (TPSA) is 69.1 Å². The van der Waals surface area contributed by atoms with Crippen molar-refractivity contribution in [1.29, 1.82) is 0 Å². The third-order valence-electron chi connectivity index (χ3n) is 0.787. The average Bonchev–Trinajstić information content (AvgIpc) is 2.12. The van der Waals surface area contributed by atoms with Gasteiger partial charge in [0.2, 0.25) is 0 Å². The predicted octanol–water partition coefficient (Wildman–Crippen LogP) is -0.607. The van der Waals surface area contributed by atoms with Crippen LogP contribution in [-0.4, -0.2) is 20.4 Å². The minimum Gasteiger partial charge on any atom is -0.363 e. The van der Waals surface area contributed by atoms with Crippen molar-refractivity contribution in [3.05, 3.63) is 18.0 Å². The number of aromatic amines is 1. The molecule has 0 aliphatic rings. The molecule has 0 saturated carbocycles. The summed E-state index contributed by atoms with van der Waals surface area (Å²) in [6.45, 7) is 0. The van der Waals surface area contributed by atoms with E-state index < -0.39 is 6.29 Å². The van der Waals surface area contributed by atoms with Crippen LogP contribution in [0.1, 0.15) is 12.0 Å². The molecule has 0 spiro atoms. The summed E-state index contributed by atoms with van der Waals surface area (Å²) >= 11 is 0. The van der Waals surface area contributed by atoms with Crippen LogP contribution in [0.4, 0.5) is 0 Å². The fourth-order valence-electron chi connectivity index (χ4n) is 0.416. The van der Waals surface area contributed by atoms with Crippen LogP contribution in [0.15, 0.2) is 12.3 Å². The molecule has 1 aromatic heterocycles.